The average molecular weight is 245 g/mol. The minimum Gasteiger partial charge on any atom is -0.465 e. The van der Waals surface area contributed by atoms with Crippen LogP contribution in [0.25, 0.3) is 0 Å². The average Bonchev–Trinajstić information content (AvgIpc) is 2.23. The zero-order chi connectivity index (χ0) is 12.1. The lowest BCUT2D eigenvalue weighted by Crippen LogP contribution is -2.21. The molecule has 0 spiro atoms. The van der Waals surface area contributed by atoms with Gasteiger partial charge in [0.05, 0.1) is 6.61 Å². The first kappa shape index (κ1) is 13.0. The van der Waals surface area contributed by atoms with E-state index >= 15 is 0 Å². The molecule has 0 bridgehead atoms. The second-order valence-corrected chi connectivity index (χ2v) is 3.99. The zero-order valence-corrected chi connectivity index (χ0v) is 10.1. The fourth-order valence-electron chi connectivity index (χ4n) is 1.42. The molecule has 0 aliphatic rings. The molecule has 0 aliphatic heterocycles. The Morgan fingerprint density at radius 2 is 2.25 bits per heavy atom. The van der Waals surface area contributed by atoms with Crippen LogP contribution in [0.15, 0.2) is 18.2 Å². The van der Waals surface area contributed by atoms with Crippen molar-refractivity contribution in [3.8, 4) is 0 Å². The SMILES string of the molecule is CCOC(=O)C(Cl)Cc1c(C)cccc1F. The number of rotatable bonds is 4. The molecular formula is C12H14ClFO2. The molecule has 0 fully saturated rings. The first-order chi connectivity index (χ1) is 7.56. The van der Waals surface area contributed by atoms with Crippen molar-refractivity contribution < 1.29 is 13.9 Å². The number of hydrogen-bond acceptors (Lipinski definition) is 2. The summed E-state index contributed by atoms with van der Waals surface area (Å²) in [5.41, 5.74) is 1.26. The summed E-state index contributed by atoms with van der Waals surface area (Å²) in [4.78, 5) is 11.3. The molecular weight excluding hydrogens is 231 g/mol. The van der Waals surface area contributed by atoms with E-state index in [9.17, 15) is 9.18 Å². The number of alkyl halides is 1. The summed E-state index contributed by atoms with van der Waals surface area (Å²) in [5.74, 6) is -0.846. The van der Waals surface area contributed by atoms with Gasteiger partial charge in [-0.2, -0.15) is 0 Å². The second kappa shape index (κ2) is 5.85. The molecule has 0 heterocycles. The Labute approximate surface area is 99.4 Å². The van der Waals surface area contributed by atoms with E-state index in [0.717, 1.165) is 5.56 Å². The van der Waals surface area contributed by atoms with Crippen molar-refractivity contribution in [3.63, 3.8) is 0 Å². The molecule has 0 amide bonds. The molecule has 1 rings (SSSR count). The van der Waals surface area contributed by atoms with Crippen molar-refractivity contribution in [2.75, 3.05) is 6.61 Å². The minimum atomic E-state index is -0.837. The highest BCUT2D eigenvalue weighted by Crippen LogP contribution is 2.17. The molecule has 0 saturated carbocycles. The Balaban J connectivity index is 2.76. The van der Waals surface area contributed by atoms with Crippen LogP contribution in [-0.4, -0.2) is 18.0 Å². The lowest BCUT2D eigenvalue weighted by Gasteiger charge is -2.11. The predicted octanol–water partition coefficient (Wildman–Crippen LogP) is 2.85. The minimum absolute atomic E-state index is 0.152. The summed E-state index contributed by atoms with van der Waals surface area (Å²) >= 11 is 5.85. The van der Waals surface area contributed by atoms with E-state index in [2.05, 4.69) is 0 Å². The van der Waals surface area contributed by atoms with E-state index in [-0.39, 0.29) is 18.8 Å². The third-order valence-electron chi connectivity index (χ3n) is 2.28. The van der Waals surface area contributed by atoms with E-state index in [1.54, 1.807) is 26.0 Å². The fourth-order valence-corrected chi connectivity index (χ4v) is 1.64. The summed E-state index contributed by atoms with van der Waals surface area (Å²) in [6.07, 6.45) is 0.152. The maximum Gasteiger partial charge on any atom is 0.324 e. The van der Waals surface area contributed by atoms with Crippen LogP contribution in [0.2, 0.25) is 0 Å². The van der Waals surface area contributed by atoms with Gasteiger partial charge in [0.25, 0.3) is 0 Å². The maximum atomic E-state index is 13.4. The molecule has 16 heavy (non-hydrogen) atoms. The molecule has 88 valence electrons. The van der Waals surface area contributed by atoms with Crippen LogP contribution in [-0.2, 0) is 16.0 Å². The Morgan fingerprint density at radius 3 is 2.81 bits per heavy atom. The Morgan fingerprint density at radius 1 is 1.56 bits per heavy atom. The van der Waals surface area contributed by atoms with E-state index in [0.29, 0.717) is 5.56 Å². The number of aryl methyl sites for hydroxylation is 1. The largest absolute Gasteiger partial charge is 0.465 e. The van der Waals surface area contributed by atoms with Gasteiger partial charge < -0.3 is 4.74 Å². The highest BCUT2D eigenvalue weighted by atomic mass is 35.5. The van der Waals surface area contributed by atoms with Gasteiger partial charge >= 0.3 is 5.97 Å². The van der Waals surface area contributed by atoms with E-state index in [1.165, 1.54) is 6.07 Å². The van der Waals surface area contributed by atoms with Crippen LogP contribution in [0.1, 0.15) is 18.1 Å². The smallest absolute Gasteiger partial charge is 0.324 e. The summed E-state index contributed by atoms with van der Waals surface area (Å²) < 4.78 is 18.2. The first-order valence-electron chi connectivity index (χ1n) is 5.11. The van der Waals surface area contributed by atoms with Crippen molar-refractivity contribution in [2.24, 2.45) is 0 Å². The highest BCUT2D eigenvalue weighted by molar-refractivity contribution is 6.30. The number of hydrogen-bond donors (Lipinski definition) is 0. The Hall–Kier alpha value is -1.09. The van der Waals surface area contributed by atoms with Crippen molar-refractivity contribution in [1.82, 2.24) is 0 Å². The van der Waals surface area contributed by atoms with Gasteiger partial charge in [0.1, 0.15) is 11.2 Å². The molecule has 1 unspecified atom stereocenters. The van der Waals surface area contributed by atoms with Crippen molar-refractivity contribution in [3.05, 3.63) is 35.1 Å². The van der Waals surface area contributed by atoms with Gasteiger partial charge in [0.2, 0.25) is 0 Å². The molecule has 0 N–H and O–H groups in total. The second-order valence-electron chi connectivity index (χ2n) is 3.46. The van der Waals surface area contributed by atoms with Gasteiger partial charge in [-0.05, 0) is 31.0 Å². The number of ether oxygens (including phenoxy) is 1. The van der Waals surface area contributed by atoms with Gasteiger partial charge in [-0.25, -0.2) is 4.39 Å². The van der Waals surface area contributed by atoms with Crippen molar-refractivity contribution in [1.29, 1.82) is 0 Å². The van der Waals surface area contributed by atoms with Crippen LogP contribution in [0.5, 0.6) is 0 Å². The van der Waals surface area contributed by atoms with E-state index in [4.69, 9.17) is 16.3 Å². The third kappa shape index (κ3) is 3.20. The zero-order valence-electron chi connectivity index (χ0n) is 9.30. The molecule has 1 atom stereocenters. The van der Waals surface area contributed by atoms with Crippen molar-refractivity contribution >= 4 is 17.6 Å². The molecule has 1 aromatic rings. The topological polar surface area (TPSA) is 26.3 Å². The highest BCUT2D eigenvalue weighted by Gasteiger charge is 2.19. The lowest BCUT2D eigenvalue weighted by molar-refractivity contribution is -0.142. The summed E-state index contributed by atoms with van der Waals surface area (Å²) in [5, 5.41) is -0.837. The molecule has 0 saturated heterocycles. The molecule has 2 nitrogen and oxygen atoms in total. The van der Waals surface area contributed by atoms with Crippen LogP contribution in [0.3, 0.4) is 0 Å². The summed E-state index contributed by atoms with van der Waals surface area (Å²) in [6, 6.07) is 4.77. The standard InChI is InChI=1S/C12H14ClFO2/c1-3-16-12(15)10(13)7-9-8(2)5-4-6-11(9)14/h4-6,10H,3,7H2,1-2H3. The quantitative estimate of drug-likeness (QED) is 0.601. The van der Waals surface area contributed by atoms with Gasteiger partial charge in [-0.15, -0.1) is 11.6 Å². The van der Waals surface area contributed by atoms with E-state index in [1.807, 2.05) is 0 Å². The molecule has 1 aromatic carbocycles. The molecule has 0 radical (unpaired) electrons. The van der Waals surface area contributed by atoms with Gasteiger partial charge in [-0.1, -0.05) is 12.1 Å². The number of halogens is 2. The van der Waals surface area contributed by atoms with Gasteiger partial charge in [0, 0.05) is 6.42 Å². The van der Waals surface area contributed by atoms with Crippen LogP contribution >= 0.6 is 11.6 Å². The molecule has 0 aliphatic carbocycles. The Kier molecular flexibility index (Phi) is 4.74. The third-order valence-corrected chi connectivity index (χ3v) is 2.61. The fraction of sp³-hybridized carbons (Fsp3) is 0.417. The molecule has 0 aromatic heterocycles. The number of carbonyl (C=O) groups is 1. The Bertz CT molecular complexity index is 359. The maximum absolute atomic E-state index is 13.4. The van der Waals surface area contributed by atoms with Crippen LogP contribution < -0.4 is 0 Å². The van der Waals surface area contributed by atoms with E-state index < -0.39 is 11.3 Å². The molecule has 4 heteroatoms. The van der Waals surface area contributed by atoms with Crippen LogP contribution in [0.4, 0.5) is 4.39 Å². The van der Waals surface area contributed by atoms with Gasteiger partial charge in [-0.3, -0.25) is 4.79 Å². The summed E-state index contributed by atoms with van der Waals surface area (Å²) in [7, 11) is 0. The number of benzene rings is 1. The summed E-state index contributed by atoms with van der Waals surface area (Å²) in [6.45, 7) is 3.77. The number of esters is 1. The monoisotopic (exact) mass is 244 g/mol. The number of carbonyl (C=O) groups excluding carboxylic acids is 1. The van der Waals surface area contributed by atoms with Crippen molar-refractivity contribution in [2.45, 2.75) is 25.6 Å². The van der Waals surface area contributed by atoms with Crippen LogP contribution in [0, 0.1) is 12.7 Å². The normalized spacial score (nSPS) is 12.2. The lowest BCUT2D eigenvalue weighted by atomic mass is 10.0. The predicted molar refractivity (Wildman–Crippen MR) is 61.1 cm³/mol. The first-order valence-corrected chi connectivity index (χ1v) is 5.54. The van der Waals surface area contributed by atoms with Gasteiger partial charge in [0.15, 0.2) is 0 Å².